The van der Waals surface area contributed by atoms with Crippen molar-refractivity contribution in [2.45, 2.75) is 39.7 Å². The molecular weight excluding hydrogens is 230 g/mol. The van der Waals surface area contributed by atoms with Gasteiger partial charge in [-0.05, 0) is 38.8 Å². The van der Waals surface area contributed by atoms with Gasteiger partial charge in [-0.25, -0.2) is 0 Å². The lowest BCUT2D eigenvalue weighted by molar-refractivity contribution is -0.127. The quantitative estimate of drug-likeness (QED) is 0.744. The topological polar surface area (TPSA) is 75.4 Å². The van der Waals surface area contributed by atoms with Crippen LogP contribution in [-0.2, 0) is 9.59 Å². The van der Waals surface area contributed by atoms with Gasteiger partial charge in [0.2, 0.25) is 11.8 Å². The van der Waals surface area contributed by atoms with Crippen LogP contribution in [0.2, 0.25) is 0 Å². The highest BCUT2D eigenvalue weighted by molar-refractivity contribution is 5.81. The van der Waals surface area contributed by atoms with Gasteiger partial charge in [-0.15, -0.1) is 0 Å². The van der Waals surface area contributed by atoms with Gasteiger partial charge in [-0.1, -0.05) is 13.8 Å². The van der Waals surface area contributed by atoms with Crippen LogP contribution in [0, 0.1) is 11.8 Å². The number of likely N-dealkylation sites (tertiary alicyclic amines) is 1. The van der Waals surface area contributed by atoms with Crippen molar-refractivity contribution in [3.63, 3.8) is 0 Å². The number of carbonyl (C=O) groups is 2. The van der Waals surface area contributed by atoms with Gasteiger partial charge in [0.15, 0.2) is 0 Å². The molecule has 0 aromatic heterocycles. The minimum Gasteiger partial charge on any atom is -0.369 e. The minimum atomic E-state index is -0.216. The summed E-state index contributed by atoms with van der Waals surface area (Å²) in [5, 5.41) is 2.94. The third-order valence-corrected chi connectivity index (χ3v) is 3.54. The third kappa shape index (κ3) is 4.29. The Kier molecular flexibility index (Phi) is 5.59. The summed E-state index contributed by atoms with van der Waals surface area (Å²) in [4.78, 5) is 25.1. The number of rotatable bonds is 5. The number of hydrogen-bond donors (Lipinski definition) is 2. The molecule has 1 aliphatic rings. The molecule has 0 saturated carbocycles. The molecule has 1 saturated heterocycles. The lowest BCUT2D eigenvalue weighted by atomic mass is 9.95. The maximum Gasteiger partial charge on any atom is 0.237 e. The average Bonchev–Trinajstić information content (AvgIpc) is 2.35. The summed E-state index contributed by atoms with van der Waals surface area (Å²) in [6.45, 7) is 8.31. The summed E-state index contributed by atoms with van der Waals surface area (Å²) in [6.07, 6.45) is 1.52. The van der Waals surface area contributed by atoms with Crippen molar-refractivity contribution in [2.75, 3.05) is 19.6 Å². The largest absolute Gasteiger partial charge is 0.369 e. The van der Waals surface area contributed by atoms with Crippen LogP contribution in [0.25, 0.3) is 0 Å². The van der Waals surface area contributed by atoms with Crippen LogP contribution in [0.3, 0.4) is 0 Å². The molecule has 1 atom stereocenters. The highest BCUT2D eigenvalue weighted by Gasteiger charge is 2.28. The summed E-state index contributed by atoms with van der Waals surface area (Å²) >= 11 is 0. The third-order valence-electron chi connectivity index (χ3n) is 3.54. The van der Waals surface area contributed by atoms with Crippen LogP contribution in [0.1, 0.15) is 33.6 Å². The van der Waals surface area contributed by atoms with Gasteiger partial charge in [0.1, 0.15) is 0 Å². The monoisotopic (exact) mass is 255 g/mol. The summed E-state index contributed by atoms with van der Waals surface area (Å²) in [5.41, 5.74) is 5.29. The Morgan fingerprint density at radius 1 is 1.28 bits per heavy atom. The number of hydrogen-bond acceptors (Lipinski definition) is 3. The highest BCUT2D eigenvalue weighted by atomic mass is 16.2. The molecule has 0 aromatic carbocycles. The Hall–Kier alpha value is -1.10. The van der Waals surface area contributed by atoms with Crippen molar-refractivity contribution < 1.29 is 9.59 Å². The lowest BCUT2D eigenvalue weighted by Crippen LogP contribution is -2.49. The van der Waals surface area contributed by atoms with Gasteiger partial charge in [-0.3, -0.25) is 14.5 Å². The zero-order chi connectivity index (χ0) is 13.7. The smallest absolute Gasteiger partial charge is 0.237 e. The standard InChI is InChI=1S/C13H25N3O2/c1-9(2)8-15-13(18)10(3)16-6-4-11(5-7-16)12(14)17/h9-11H,4-8H2,1-3H3,(H2,14,17)(H,15,18). The van der Waals surface area contributed by atoms with E-state index in [1.807, 2.05) is 6.92 Å². The van der Waals surface area contributed by atoms with Gasteiger partial charge >= 0.3 is 0 Å². The maximum absolute atomic E-state index is 11.9. The van der Waals surface area contributed by atoms with E-state index >= 15 is 0 Å². The van der Waals surface area contributed by atoms with Crippen molar-refractivity contribution in [3.8, 4) is 0 Å². The molecule has 1 unspecified atom stereocenters. The van der Waals surface area contributed by atoms with Gasteiger partial charge in [-0.2, -0.15) is 0 Å². The predicted octanol–water partition coefficient (Wildman–Crippen LogP) is 0.344. The summed E-state index contributed by atoms with van der Waals surface area (Å²) in [7, 11) is 0. The number of piperidine rings is 1. The van der Waals surface area contributed by atoms with Crippen LogP contribution in [0.15, 0.2) is 0 Å². The van der Waals surface area contributed by atoms with Crippen molar-refractivity contribution in [3.05, 3.63) is 0 Å². The normalized spacial score (nSPS) is 19.8. The van der Waals surface area contributed by atoms with E-state index in [9.17, 15) is 9.59 Å². The molecule has 0 bridgehead atoms. The summed E-state index contributed by atoms with van der Waals surface area (Å²) < 4.78 is 0. The SMILES string of the molecule is CC(C)CNC(=O)C(C)N1CCC(C(N)=O)CC1. The molecule has 0 aromatic rings. The second-order valence-corrected chi connectivity index (χ2v) is 5.53. The molecule has 1 fully saturated rings. The molecule has 18 heavy (non-hydrogen) atoms. The van der Waals surface area contributed by atoms with Crippen LogP contribution < -0.4 is 11.1 Å². The first-order valence-electron chi connectivity index (χ1n) is 6.73. The van der Waals surface area contributed by atoms with Crippen molar-refractivity contribution >= 4 is 11.8 Å². The van der Waals surface area contributed by atoms with Gasteiger partial charge in [0.25, 0.3) is 0 Å². The fourth-order valence-corrected chi connectivity index (χ4v) is 2.19. The Morgan fingerprint density at radius 3 is 2.28 bits per heavy atom. The number of carbonyl (C=O) groups excluding carboxylic acids is 2. The van der Waals surface area contributed by atoms with Crippen LogP contribution in [0.4, 0.5) is 0 Å². The molecule has 104 valence electrons. The fraction of sp³-hybridized carbons (Fsp3) is 0.846. The summed E-state index contributed by atoms with van der Waals surface area (Å²) in [6, 6.07) is -0.127. The Labute approximate surface area is 109 Å². The second kappa shape index (κ2) is 6.73. The van der Waals surface area contributed by atoms with Gasteiger partial charge in [0, 0.05) is 12.5 Å². The first-order valence-corrected chi connectivity index (χ1v) is 6.73. The molecule has 1 rings (SSSR count). The van der Waals surface area contributed by atoms with Gasteiger partial charge < -0.3 is 11.1 Å². The molecular formula is C13H25N3O2. The van der Waals surface area contributed by atoms with E-state index in [2.05, 4.69) is 24.1 Å². The van der Waals surface area contributed by atoms with E-state index in [1.54, 1.807) is 0 Å². The zero-order valence-electron chi connectivity index (χ0n) is 11.6. The molecule has 3 N–H and O–H groups in total. The van der Waals surface area contributed by atoms with Crippen LogP contribution in [-0.4, -0.2) is 42.4 Å². The van der Waals surface area contributed by atoms with E-state index < -0.39 is 0 Å². The van der Waals surface area contributed by atoms with E-state index in [0.717, 1.165) is 25.9 Å². The summed E-state index contributed by atoms with van der Waals surface area (Å²) in [5.74, 6) is 0.293. The van der Waals surface area contributed by atoms with E-state index in [0.29, 0.717) is 12.5 Å². The molecule has 2 amide bonds. The first kappa shape index (κ1) is 15.0. The number of primary amides is 1. The highest BCUT2D eigenvalue weighted by Crippen LogP contribution is 2.18. The zero-order valence-corrected chi connectivity index (χ0v) is 11.6. The van der Waals surface area contributed by atoms with Crippen molar-refractivity contribution in [1.29, 1.82) is 0 Å². The maximum atomic E-state index is 11.9. The molecule has 1 heterocycles. The number of nitrogens with two attached hydrogens (primary N) is 1. The first-order chi connectivity index (χ1) is 8.41. The molecule has 1 aliphatic heterocycles. The molecule has 0 spiro atoms. The lowest BCUT2D eigenvalue weighted by Gasteiger charge is -2.34. The molecule has 0 radical (unpaired) electrons. The van der Waals surface area contributed by atoms with Crippen LogP contribution >= 0.6 is 0 Å². The average molecular weight is 255 g/mol. The molecule has 0 aliphatic carbocycles. The number of nitrogens with zero attached hydrogens (tertiary/aromatic N) is 1. The van der Waals surface area contributed by atoms with E-state index in [4.69, 9.17) is 5.73 Å². The van der Waals surface area contributed by atoms with Crippen molar-refractivity contribution in [1.82, 2.24) is 10.2 Å². The number of nitrogens with one attached hydrogen (secondary N) is 1. The second-order valence-electron chi connectivity index (χ2n) is 5.53. The fourth-order valence-electron chi connectivity index (χ4n) is 2.19. The van der Waals surface area contributed by atoms with Crippen molar-refractivity contribution in [2.24, 2.45) is 17.6 Å². The van der Waals surface area contributed by atoms with E-state index in [1.165, 1.54) is 0 Å². The molecule has 5 heteroatoms. The Bertz CT molecular complexity index is 297. The van der Waals surface area contributed by atoms with E-state index in [-0.39, 0.29) is 23.8 Å². The predicted molar refractivity (Wildman–Crippen MR) is 70.8 cm³/mol. The number of amides is 2. The minimum absolute atomic E-state index is 0.0211. The Morgan fingerprint density at radius 2 is 1.83 bits per heavy atom. The Balaban J connectivity index is 2.37. The van der Waals surface area contributed by atoms with Crippen LogP contribution in [0.5, 0.6) is 0 Å². The van der Waals surface area contributed by atoms with Gasteiger partial charge in [0.05, 0.1) is 6.04 Å². The molecule has 5 nitrogen and oxygen atoms in total.